The third kappa shape index (κ3) is 7.05. The van der Waals surface area contributed by atoms with Crippen molar-refractivity contribution >= 4 is 29.5 Å². The molecule has 1 aromatic heterocycles. The summed E-state index contributed by atoms with van der Waals surface area (Å²) in [5, 5.41) is 6.70. The summed E-state index contributed by atoms with van der Waals surface area (Å²) in [5.74, 6) is 0.932. The number of rotatable bonds is 8. The van der Waals surface area contributed by atoms with Gasteiger partial charge in [-0.25, -0.2) is 9.38 Å². The van der Waals surface area contributed by atoms with E-state index in [1.165, 1.54) is 18.5 Å². The van der Waals surface area contributed by atoms with E-state index in [1.54, 1.807) is 38.2 Å². The summed E-state index contributed by atoms with van der Waals surface area (Å²) in [6.07, 6.45) is 3.61. The number of carbonyl (C=O) groups excluding carboxylic acids is 1. The van der Waals surface area contributed by atoms with Crippen LogP contribution in [0.15, 0.2) is 77.7 Å². The Hall–Kier alpha value is -3.91. The number of aryl methyl sites for hydroxylation is 1. The number of hydrogen-bond acceptors (Lipinski definition) is 5. The highest BCUT2D eigenvalue weighted by molar-refractivity contribution is 6.30. The third-order valence-electron chi connectivity index (χ3n) is 4.78. The Kier molecular flexibility index (Phi) is 8.59. The Balaban J connectivity index is 1.77. The maximum absolute atomic E-state index is 13.7. The average molecular weight is 482 g/mol. The van der Waals surface area contributed by atoms with Crippen molar-refractivity contribution in [2.75, 3.05) is 19.4 Å². The molecule has 0 aliphatic carbocycles. The number of benzene rings is 2. The number of aliphatic imine (C=N–C) groups is 1. The van der Waals surface area contributed by atoms with E-state index in [-0.39, 0.29) is 0 Å². The van der Waals surface area contributed by atoms with Crippen molar-refractivity contribution in [2.24, 2.45) is 4.99 Å². The molecule has 2 aromatic carbocycles. The fourth-order valence-corrected chi connectivity index (χ4v) is 2.99. The second-order valence-electron chi connectivity index (χ2n) is 7.38. The standard InChI is InChI=1S/C25H25ClFN5O2/c1-17-24(27)12-23(14-29-17)34-22-10-8-20(9-11-22)31-25(30-13-21(16-33)28-2)32(3)15-18-4-6-19(26)7-5-18/h4-14,16,28H,15H2,1-3H3,(H,30,31)/b21-13+. The van der Waals surface area contributed by atoms with Gasteiger partial charge in [0.1, 0.15) is 17.3 Å². The van der Waals surface area contributed by atoms with Crippen molar-refractivity contribution in [3.05, 3.63) is 94.8 Å². The summed E-state index contributed by atoms with van der Waals surface area (Å²) in [4.78, 5) is 21.5. The molecule has 0 spiro atoms. The molecule has 3 aromatic rings. The lowest BCUT2D eigenvalue weighted by Gasteiger charge is -2.22. The molecule has 0 aliphatic heterocycles. The third-order valence-corrected chi connectivity index (χ3v) is 5.03. The Morgan fingerprint density at radius 3 is 2.50 bits per heavy atom. The quantitative estimate of drug-likeness (QED) is 0.201. The molecule has 0 fully saturated rings. The lowest BCUT2D eigenvalue weighted by Crippen LogP contribution is -2.32. The molecule has 2 N–H and O–H groups in total. The topological polar surface area (TPSA) is 78.8 Å². The predicted octanol–water partition coefficient (Wildman–Crippen LogP) is 5.13. The van der Waals surface area contributed by atoms with Crippen LogP contribution >= 0.6 is 11.6 Å². The van der Waals surface area contributed by atoms with E-state index in [1.807, 2.05) is 36.2 Å². The Labute approximate surface area is 202 Å². The number of guanidine groups is 1. The van der Waals surface area contributed by atoms with E-state index in [9.17, 15) is 9.18 Å². The zero-order valence-electron chi connectivity index (χ0n) is 19.0. The van der Waals surface area contributed by atoms with E-state index < -0.39 is 5.82 Å². The molecule has 0 radical (unpaired) electrons. The largest absolute Gasteiger partial charge is 0.456 e. The normalized spacial score (nSPS) is 11.7. The minimum atomic E-state index is -0.426. The van der Waals surface area contributed by atoms with Crippen LogP contribution in [0.5, 0.6) is 11.5 Å². The first kappa shape index (κ1) is 24.7. The minimum Gasteiger partial charge on any atom is -0.456 e. The smallest absolute Gasteiger partial charge is 0.203 e. The summed E-state index contributed by atoms with van der Waals surface area (Å²) >= 11 is 5.98. The molecule has 1 heterocycles. The first-order valence-electron chi connectivity index (χ1n) is 10.4. The number of aldehydes is 1. The molecule has 7 nitrogen and oxygen atoms in total. The van der Waals surface area contributed by atoms with Crippen LogP contribution in [0.2, 0.25) is 5.02 Å². The van der Waals surface area contributed by atoms with E-state index in [0.29, 0.717) is 46.7 Å². The first-order valence-corrected chi connectivity index (χ1v) is 10.8. The van der Waals surface area contributed by atoms with Crippen LogP contribution in [0.3, 0.4) is 0 Å². The zero-order valence-corrected chi connectivity index (χ0v) is 19.8. The van der Waals surface area contributed by atoms with Gasteiger partial charge in [-0.1, -0.05) is 23.7 Å². The van der Waals surface area contributed by atoms with E-state index in [2.05, 4.69) is 20.6 Å². The lowest BCUT2D eigenvalue weighted by atomic mass is 10.2. The van der Waals surface area contributed by atoms with Crippen molar-refractivity contribution in [1.82, 2.24) is 15.2 Å². The molecule has 3 rings (SSSR count). The first-order chi connectivity index (χ1) is 16.4. The molecule has 0 amide bonds. The van der Waals surface area contributed by atoms with Crippen LogP contribution < -0.4 is 15.4 Å². The van der Waals surface area contributed by atoms with Crippen LogP contribution in [0.1, 0.15) is 11.3 Å². The molecular weight excluding hydrogens is 457 g/mol. The summed E-state index contributed by atoms with van der Waals surface area (Å²) in [5.41, 5.74) is 2.43. The zero-order chi connectivity index (χ0) is 24.5. The van der Waals surface area contributed by atoms with Gasteiger partial charge in [0.2, 0.25) is 5.96 Å². The highest BCUT2D eigenvalue weighted by Crippen LogP contribution is 2.24. The molecule has 0 saturated heterocycles. The fourth-order valence-electron chi connectivity index (χ4n) is 2.87. The highest BCUT2D eigenvalue weighted by atomic mass is 35.5. The minimum absolute atomic E-state index is 0.312. The number of nitrogens with one attached hydrogen (secondary N) is 2. The molecule has 0 unspecified atom stereocenters. The van der Waals surface area contributed by atoms with Gasteiger partial charge >= 0.3 is 0 Å². The van der Waals surface area contributed by atoms with Gasteiger partial charge in [-0.3, -0.25) is 9.78 Å². The molecule has 0 saturated carbocycles. The summed E-state index contributed by atoms with van der Waals surface area (Å²) in [7, 11) is 3.53. The van der Waals surface area contributed by atoms with Gasteiger partial charge < -0.3 is 20.3 Å². The van der Waals surface area contributed by atoms with E-state index >= 15 is 0 Å². The van der Waals surface area contributed by atoms with Gasteiger partial charge in [-0.05, 0) is 48.9 Å². The molecule has 0 bridgehead atoms. The fraction of sp³-hybridized carbons (Fsp3) is 0.160. The molecule has 34 heavy (non-hydrogen) atoms. The van der Waals surface area contributed by atoms with Crippen LogP contribution in [0.4, 0.5) is 10.1 Å². The number of carbonyl (C=O) groups is 1. The number of nitrogens with zero attached hydrogens (tertiary/aromatic N) is 3. The second kappa shape index (κ2) is 11.8. The number of halogens is 2. The van der Waals surface area contributed by atoms with Crippen LogP contribution in [-0.4, -0.2) is 36.2 Å². The molecule has 0 aliphatic rings. The molecule has 176 valence electrons. The molecule has 9 heteroatoms. The molecule has 0 atom stereocenters. The van der Waals surface area contributed by atoms with Crippen molar-refractivity contribution in [3.63, 3.8) is 0 Å². The summed E-state index contributed by atoms with van der Waals surface area (Å²) in [6.45, 7) is 2.15. The monoisotopic (exact) mass is 481 g/mol. The van der Waals surface area contributed by atoms with Gasteiger partial charge in [0.25, 0.3) is 0 Å². The summed E-state index contributed by atoms with van der Waals surface area (Å²) in [6, 6.07) is 15.9. The SMILES string of the molecule is CN/C(C=O)=C/N=C(Nc1ccc(Oc2cnc(C)c(F)c2)cc1)N(C)Cc1ccc(Cl)cc1. The van der Waals surface area contributed by atoms with E-state index in [4.69, 9.17) is 16.3 Å². The highest BCUT2D eigenvalue weighted by Gasteiger charge is 2.09. The predicted molar refractivity (Wildman–Crippen MR) is 133 cm³/mol. The number of hydrogen-bond donors (Lipinski definition) is 2. The average Bonchev–Trinajstić information content (AvgIpc) is 2.84. The Bertz CT molecular complexity index is 1180. The number of likely N-dealkylation sites (N-methyl/N-ethyl adjacent to an activating group) is 1. The van der Waals surface area contributed by atoms with Crippen LogP contribution in [-0.2, 0) is 11.3 Å². The summed E-state index contributed by atoms with van der Waals surface area (Å²) < 4.78 is 19.4. The Morgan fingerprint density at radius 1 is 1.18 bits per heavy atom. The number of pyridine rings is 1. The van der Waals surface area contributed by atoms with Crippen molar-refractivity contribution in [2.45, 2.75) is 13.5 Å². The van der Waals surface area contributed by atoms with Crippen molar-refractivity contribution in [1.29, 1.82) is 0 Å². The number of allylic oxidation sites excluding steroid dienone is 1. The maximum atomic E-state index is 13.7. The number of anilines is 1. The van der Waals surface area contributed by atoms with Crippen LogP contribution in [0, 0.1) is 12.7 Å². The van der Waals surface area contributed by atoms with E-state index in [0.717, 1.165) is 11.3 Å². The Morgan fingerprint density at radius 2 is 1.88 bits per heavy atom. The maximum Gasteiger partial charge on any atom is 0.203 e. The number of aromatic nitrogens is 1. The van der Waals surface area contributed by atoms with Crippen molar-refractivity contribution in [3.8, 4) is 11.5 Å². The van der Waals surface area contributed by atoms with Crippen molar-refractivity contribution < 1.29 is 13.9 Å². The number of ether oxygens (including phenoxy) is 1. The van der Waals surface area contributed by atoms with Crippen LogP contribution in [0.25, 0.3) is 0 Å². The molecular formula is C25H25ClFN5O2. The van der Waals surface area contributed by atoms with Gasteiger partial charge in [0, 0.05) is 37.4 Å². The second-order valence-corrected chi connectivity index (χ2v) is 7.81. The van der Waals surface area contributed by atoms with Gasteiger partial charge in [0.05, 0.1) is 23.8 Å². The van der Waals surface area contributed by atoms with Gasteiger partial charge in [-0.15, -0.1) is 0 Å². The van der Waals surface area contributed by atoms with Gasteiger partial charge in [-0.2, -0.15) is 0 Å². The van der Waals surface area contributed by atoms with Gasteiger partial charge in [0.15, 0.2) is 6.29 Å². The lowest BCUT2D eigenvalue weighted by molar-refractivity contribution is -0.105.